The lowest BCUT2D eigenvalue weighted by Crippen LogP contribution is -2.40. The quantitative estimate of drug-likeness (QED) is 0.890. The molecule has 24 heavy (non-hydrogen) atoms. The molecule has 0 radical (unpaired) electrons. The fraction of sp³-hybridized carbons (Fsp3) is 0.421. The monoisotopic (exact) mass is 347 g/mol. The minimum absolute atomic E-state index is 0. The molecule has 1 fully saturated rings. The molecule has 1 heterocycles. The van der Waals surface area contributed by atoms with E-state index in [0.29, 0.717) is 12.5 Å². The Hall–Kier alpha value is -1.78. The number of hydrogen-bond acceptors (Lipinski definition) is 2. The second kappa shape index (κ2) is 7.86. The summed E-state index contributed by atoms with van der Waals surface area (Å²) in [4.78, 5) is 12.7. The normalized spacial score (nSPS) is 19.8. The number of hydrogen-bond donors (Lipinski definition) is 2. The number of nitrogens with two attached hydrogens (primary N) is 1. The van der Waals surface area contributed by atoms with Crippen molar-refractivity contribution in [2.75, 3.05) is 6.54 Å². The molecule has 1 aromatic carbocycles. The average Bonchev–Trinajstić information content (AvgIpc) is 3.12. The molecule has 1 amide bonds. The maximum Gasteiger partial charge on any atom is 0.253 e. The van der Waals surface area contributed by atoms with Gasteiger partial charge in [0.05, 0.1) is 5.56 Å². The summed E-state index contributed by atoms with van der Waals surface area (Å²) in [6.07, 6.45) is 3.30. The van der Waals surface area contributed by atoms with Gasteiger partial charge in [0.15, 0.2) is 0 Å². The summed E-state index contributed by atoms with van der Waals surface area (Å²) in [5.41, 5.74) is 9.71. The van der Waals surface area contributed by atoms with E-state index in [2.05, 4.69) is 22.0 Å². The third-order valence-corrected chi connectivity index (χ3v) is 4.97. The molecule has 2 unspecified atom stereocenters. The molecular formula is C19H26ClN3O. The number of nitrogens with one attached hydrogen (secondary N) is 1. The molecule has 0 saturated heterocycles. The lowest BCUT2D eigenvalue weighted by molar-refractivity contribution is 0.0928. The Labute approximate surface area is 149 Å². The first-order valence-electron chi connectivity index (χ1n) is 8.37. The molecule has 3 rings (SSSR count). The zero-order chi connectivity index (χ0) is 16.4. The van der Waals surface area contributed by atoms with Crippen molar-refractivity contribution in [2.24, 2.45) is 11.7 Å². The van der Waals surface area contributed by atoms with Crippen LogP contribution in [-0.4, -0.2) is 23.1 Å². The SMILES string of the molecule is Cc1cc(C(=O)NC2CCCC2CN)c(C)n1-c1ccccc1.Cl. The Kier molecular flexibility index (Phi) is 6.08. The van der Waals surface area contributed by atoms with Gasteiger partial charge in [-0.05, 0) is 57.4 Å². The zero-order valence-electron chi connectivity index (χ0n) is 14.3. The van der Waals surface area contributed by atoms with Crippen LogP contribution in [0.2, 0.25) is 0 Å². The predicted molar refractivity (Wildman–Crippen MR) is 100 cm³/mol. The Bertz CT molecular complexity index is 696. The van der Waals surface area contributed by atoms with Gasteiger partial charge >= 0.3 is 0 Å². The van der Waals surface area contributed by atoms with Gasteiger partial charge in [-0.1, -0.05) is 24.6 Å². The van der Waals surface area contributed by atoms with Crippen molar-refractivity contribution in [1.82, 2.24) is 9.88 Å². The van der Waals surface area contributed by atoms with Crippen LogP contribution in [0.15, 0.2) is 36.4 Å². The highest BCUT2D eigenvalue weighted by molar-refractivity contribution is 5.96. The second-order valence-corrected chi connectivity index (χ2v) is 6.46. The number of aromatic nitrogens is 1. The molecule has 4 nitrogen and oxygen atoms in total. The van der Waals surface area contributed by atoms with Gasteiger partial charge in [-0.3, -0.25) is 4.79 Å². The van der Waals surface area contributed by atoms with Crippen molar-refractivity contribution in [2.45, 2.75) is 39.2 Å². The van der Waals surface area contributed by atoms with Gasteiger partial charge in [0.2, 0.25) is 0 Å². The summed E-state index contributed by atoms with van der Waals surface area (Å²) < 4.78 is 2.13. The van der Waals surface area contributed by atoms with E-state index in [1.165, 1.54) is 0 Å². The summed E-state index contributed by atoms with van der Waals surface area (Å²) in [5, 5.41) is 3.20. The van der Waals surface area contributed by atoms with Crippen LogP contribution in [0.4, 0.5) is 0 Å². The molecule has 1 aliphatic carbocycles. The molecule has 0 bridgehead atoms. The van der Waals surface area contributed by atoms with Crippen LogP contribution in [0.3, 0.4) is 0 Å². The molecule has 2 atom stereocenters. The summed E-state index contributed by atoms with van der Waals surface area (Å²) >= 11 is 0. The van der Waals surface area contributed by atoms with Crippen LogP contribution < -0.4 is 11.1 Å². The molecule has 2 aromatic rings. The number of para-hydroxylation sites is 1. The Morgan fingerprint density at radius 1 is 1.25 bits per heavy atom. The number of aryl methyl sites for hydroxylation is 1. The lowest BCUT2D eigenvalue weighted by Gasteiger charge is -2.19. The van der Waals surface area contributed by atoms with E-state index >= 15 is 0 Å². The first-order valence-corrected chi connectivity index (χ1v) is 8.37. The van der Waals surface area contributed by atoms with E-state index in [0.717, 1.165) is 41.9 Å². The van der Waals surface area contributed by atoms with Crippen molar-refractivity contribution in [3.05, 3.63) is 53.3 Å². The molecular weight excluding hydrogens is 322 g/mol. The smallest absolute Gasteiger partial charge is 0.253 e. The first kappa shape index (κ1) is 18.6. The van der Waals surface area contributed by atoms with Crippen molar-refractivity contribution < 1.29 is 4.79 Å². The molecule has 0 spiro atoms. The van der Waals surface area contributed by atoms with Crippen LogP contribution in [0.25, 0.3) is 5.69 Å². The number of amides is 1. The van der Waals surface area contributed by atoms with Crippen LogP contribution in [0, 0.1) is 19.8 Å². The predicted octanol–water partition coefficient (Wildman–Crippen LogP) is 3.37. The van der Waals surface area contributed by atoms with Gasteiger partial charge in [-0.2, -0.15) is 0 Å². The molecule has 3 N–H and O–H groups in total. The number of nitrogens with zero attached hydrogens (tertiary/aromatic N) is 1. The van der Waals surface area contributed by atoms with Gasteiger partial charge in [-0.25, -0.2) is 0 Å². The van der Waals surface area contributed by atoms with E-state index in [9.17, 15) is 4.79 Å². The molecule has 1 aromatic heterocycles. The zero-order valence-corrected chi connectivity index (χ0v) is 15.1. The van der Waals surface area contributed by atoms with Crippen LogP contribution in [0.5, 0.6) is 0 Å². The van der Waals surface area contributed by atoms with Crippen molar-refractivity contribution in [1.29, 1.82) is 0 Å². The van der Waals surface area contributed by atoms with E-state index in [-0.39, 0.29) is 24.4 Å². The van der Waals surface area contributed by atoms with Crippen LogP contribution >= 0.6 is 12.4 Å². The third kappa shape index (κ3) is 3.50. The summed E-state index contributed by atoms with van der Waals surface area (Å²) in [6.45, 7) is 4.69. The second-order valence-electron chi connectivity index (χ2n) is 6.46. The highest BCUT2D eigenvalue weighted by atomic mass is 35.5. The minimum atomic E-state index is 0. The van der Waals surface area contributed by atoms with Crippen molar-refractivity contribution >= 4 is 18.3 Å². The number of carbonyl (C=O) groups excluding carboxylic acids is 1. The third-order valence-electron chi connectivity index (χ3n) is 4.97. The van der Waals surface area contributed by atoms with Crippen molar-refractivity contribution in [3.63, 3.8) is 0 Å². The van der Waals surface area contributed by atoms with Crippen molar-refractivity contribution in [3.8, 4) is 5.69 Å². The number of rotatable bonds is 4. The maximum absolute atomic E-state index is 12.7. The molecule has 0 aliphatic heterocycles. The fourth-order valence-corrected chi connectivity index (χ4v) is 3.72. The fourth-order valence-electron chi connectivity index (χ4n) is 3.72. The average molecular weight is 348 g/mol. The summed E-state index contributed by atoms with van der Waals surface area (Å²) in [7, 11) is 0. The van der Waals surface area contributed by atoms with E-state index in [1.54, 1.807) is 0 Å². The van der Waals surface area contributed by atoms with Gasteiger partial charge in [0, 0.05) is 23.1 Å². The summed E-state index contributed by atoms with van der Waals surface area (Å²) in [6, 6.07) is 12.3. The first-order chi connectivity index (χ1) is 11.1. The maximum atomic E-state index is 12.7. The van der Waals surface area contributed by atoms with Gasteiger partial charge < -0.3 is 15.6 Å². The molecule has 1 aliphatic rings. The number of halogens is 1. The van der Waals surface area contributed by atoms with Gasteiger partial charge in [-0.15, -0.1) is 12.4 Å². The topological polar surface area (TPSA) is 60.1 Å². The van der Waals surface area contributed by atoms with Crippen LogP contribution in [0.1, 0.15) is 41.0 Å². The standard InChI is InChI=1S/C19H25N3O.ClH/c1-13-11-17(14(2)22(13)16-8-4-3-5-9-16)19(23)21-18-10-6-7-15(18)12-20;/h3-5,8-9,11,15,18H,6-7,10,12,20H2,1-2H3,(H,21,23);1H. The van der Waals surface area contributed by atoms with E-state index in [1.807, 2.05) is 38.1 Å². The number of carbonyl (C=O) groups is 1. The van der Waals surface area contributed by atoms with Crippen LogP contribution in [-0.2, 0) is 0 Å². The highest BCUT2D eigenvalue weighted by Crippen LogP contribution is 2.26. The lowest BCUT2D eigenvalue weighted by atomic mass is 10.0. The minimum Gasteiger partial charge on any atom is -0.349 e. The summed E-state index contributed by atoms with van der Waals surface area (Å²) in [5.74, 6) is 0.433. The Morgan fingerprint density at radius 2 is 1.96 bits per heavy atom. The Balaban J connectivity index is 0.00000208. The molecule has 1 saturated carbocycles. The van der Waals surface area contributed by atoms with Gasteiger partial charge in [0.1, 0.15) is 0 Å². The highest BCUT2D eigenvalue weighted by Gasteiger charge is 2.28. The number of benzene rings is 1. The molecule has 130 valence electrons. The van der Waals surface area contributed by atoms with E-state index < -0.39 is 0 Å². The van der Waals surface area contributed by atoms with E-state index in [4.69, 9.17) is 5.73 Å². The largest absolute Gasteiger partial charge is 0.349 e. The Morgan fingerprint density at radius 3 is 2.62 bits per heavy atom. The van der Waals surface area contributed by atoms with Gasteiger partial charge in [0.25, 0.3) is 5.91 Å². The molecule has 5 heteroatoms.